The van der Waals surface area contributed by atoms with Gasteiger partial charge in [0.1, 0.15) is 11.7 Å². The van der Waals surface area contributed by atoms with Crippen molar-refractivity contribution in [3.05, 3.63) is 34.4 Å². The third-order valence-corrected chi connectivity index (χ3v) is 5.66. The van der Waals surface area contributed by atoms with Gasteiger partial charge in [0.2, 0.25) is 0 Å². The maximum Gasteiger partial charge on any atom is 0.151 e. The number of carbonyl (C=O) groups is 2. The lowest BCUT2D eigenvalue weighted by Gasteiger charge is -2.22. The molecule has 1 aromatic carbocycles. The molecule has 0 amide bonds. The van der Waals surface area contributed by atoms with Crippen LogP contribution in [0.2, 0.25) is 0 Å². The minimum Gasteiger partial charge on any atom is -1.00 e. The lowest BCUT2D eigenvalue weighted by molar-refractivity contribution is -0.664. The Morgan fingerprint density at radius 1 is 1.04 bits per heavy atom. The Labute approximate surface area is 151 Å². The number of rotatable bonds is 3. The van der Waals surface area contributed by atoms with E-state index in [2.05, 4.69) is 24.4 Å². The molecule has 1 aliphatic heterocycles. The Hall–Kier alpha value is -1.19. The van der Waals surface area contributed by atoms with Gasteiger partial charge in [0, 0.05) is 12.3 Å². The van der Waals surface area contributed by atoms with Crippen LogP contribution in [0.25, 0.3) is 0 Å². The van der Waals surface area contributed by atoms with E-state index in [0.717, 1.165) is 23.1 Å². The summed E-state index contributed by atoms with van der Waals surface area (Å²) in [5.74, 6) is 0.393. The highest BCUT2D eigenvalue weighted by molar-refractivity contribution is 6.14. The maximum atomic E-state index is 13.0. The molecule has 2 unspecified atom stereocenters. The number of quaternary nitrogens is 1. The number of piperidine rings is 1. The van der Waals surface area contributed by atoms with Crippen molar-refractivity contribution < 1.29 is 27.3 Å². The lowest BCUT2D eigenvalue weighted by atomic mass is 9.83. The molecule has 2 atom stereocenters. The number of carbonyl (C=O) groups excluding carboxylic acids is 2. The third-order valence-electron chi connectivity index (χ3n) is 5.66. The van der Waals surface area contributed by atoms with Crippen molar-refractivity contribution in [1.29, 1.82) is 0 Å². The van der Waals surface area contributed by atoms with Gasteiger partial charge in [0.05, 0.1) is 13.1 Å². The number of hydrogen-bond donors (Lipinski definition) is 1. The van der Waals surface area contributed by atoms with Crippen molar-refractivity contribution in [2.24, 2.45) is 11.8 Å². The molecule has 2 aliphatic rings. The second-order valence-electron chi connectivity index (χ2n) is 7.56. The summed E-state index contributed by atoms with van der Waals surface area (Å²) in [5.41, 5.74) is 4.34. The Morgan fingerprint density at radius 2 is 1.62 bits per heavy atom. The topological polar surface area (TPSA) is 50.8 Å². The van der Waals surface area contributed by atoms with Crippen molar-refractivity contribution in [2.75, 3.05) is 13.1 Å². The Balaban J connectivity index is 0.00000208. The highest BCUT2D eigenvalue weighted by Gasteiger charge is 2.43. The fourth-order valence-electron chi connectivity index (χ4n) is 4.64. The summed E-state index contributed by atoms with van der Waals surface area (Å²) in [6, 6.07) is 4.18. The van der Waals surface area contributed by atoms with Crippen molar-refractivity contribution in [1.82, 2.24) is 0 Å². The van der Waals surface area contributed by atoms with Gasteiger partial charge in [-0.25, -0.2) is 0 Å². The number of benzene rings is 1. The van der Waals surface area contributed by atoms with Gasteiger partial charge < -0.3 is 17.7 Å². The number of ketones is 2. The van der Waals surface area contributed by atoms with Gasteiger partial charge in [-0.2, -0.15) is 0 Å². The van der Waals surface area contributed by atoms with Crippen LogP contribution in [0.3, 0.4) is 0 Å². The van der Waals surface area contributed by atoms with Crippen molar-refractivity contribution >= 4 is 11.6 Å². The zero-order valence-electron chi connectivity index (χ0n) is 14.9. The molecule has 1 saturated heterocycles. The van der Waals surface area contributed by atoms with E-state index in [1.165, 1.54) is 31.5 Å². The number of nitrogens with two attached hydrogens (primary N) is 1. The molecule has 3 nitrogen and oxygen atoms in total. The molecule has 2 fully saturated rings. The second-order valence-corrected chi connectivity index (χ2v) is 7.56. The Morgan fingerprint density at radius 3 is 2.21 bits per heavy atom. The van der Waals surface area contributed by atoms with E-state index >= 15 is 0 Å². The third kappa shape index (κ3) is 3.73. The molecule has 1 aliphatic carbocycles. The average molecular weight is 350 g/mol. The first-order valence-corrected chi connectivity index (χ1v) is 8.93. The van der Waals surface area contributed by atoms with Crippen LogP contribution < -0.4 is 17.7 Å². The summed E-state index contributed by atoms with van der Waals surface area (Å²) in [7, 11) is 0. The first-order chi connectivity index (χ1) is 11.0. The SMILES string of the molecule is Cc1cc(C)c(C2C(=O)CC(CC3CC[NH2+]CC3)C2=O)c(C)c1.[Cl-]. The van der Waals surface area contributed by atoms with Crippen LogP contribution in [0.1, 0.15) is 53.9 Å². The van der Waals surface area contributed by atoms with E-state index in [4.69, 9.17) is 0 Å². The van der Waals surface area contributed by atoms with Crippen LogP contribution >= 0.6 is 0 Å². The second kappa shape index (κ2) is 7.79. The van der Waals surface area contributed by atoms with Crippen LogP contribution in [-0.4, -0.2) is 24.7 Å². The summed E-state index contributed by atoms with van der Waals surface area (Å²) in [6.45, 7) is 8.45. The molecule has 132 valence electrons. The van der Waals surface area contributed by atoms with Gasteiger partial charge in [-0.1, -0.05) is 17.7 Å². The normalized spacial score (nSPS) is 25.0. The lowest BCUT2D eigenvalue weighted by Crippen LogP contribution is -3.00. The first-order valence-electron chi connectivity index (χ1n) is 8.93. The van der Waals surface area contributed by atoms with Crippen LogP contribution in [0.15, 0.2) is 12.1 Å². The maximum absolute atomic E-state index is 13.0. The first kappa shape index (κ1) is 19.1. The van der Waals surface area contributed by atoms with E-state index in [0.29, 0.717) is 12.3 Å². The van der Waals surface area contributed by atoms with Crippen molar-refractivity contribution in [2.45, 2.75) is 52.4 Å². The summed E-state index contributed by atoms with van der Waals surface area (Å²) < 4.78 is 0. The van der Waals surface area contributed by atoms with E-state index in [1.807, 2.05) is 13.8 Å². The Kier molecular flexibility index (Phi) is 6.22. The number of aryl methyl sites for hydroxylation is 3. The summed E-state index contributed by atoms with van der Waals surface area (Å²) >= 11 is 0. The molecule has 0 spiro atoms. The van der Waals surface area contributed by atoms with Gasteiger partial charge >= 0.3 is 0 Å². The van der Waals surface area contributed by atoms with Gasteiger partial charge in [0.25, 0.3) is 0 Å². The summed E-state index contributed by atoms with van der Waals surface area (Å²) in [5, 5.41) is 2.35. The molecular formula is C20H28ClNO2. The highest BCUT2D eigenvalue weighted by Crippen LogP contribution is 2.39. The van der Waals surface area contributed by atoms with E-state index in [1.54, 1.807) is 0 Å². The van der Waals surface area contributed by atoms with Gasteiger partial charge in [0.15, 0.2) is 5.78 Å². The number of Topliss-reactive ketones (excluding diaryl/α,β-unsaturated/α-hetero) is 2. The van der Waals surface area contributed by atoms with Crippen LogP contribution in [0.4, 0.5) is 0 Å². The van der Waals surface area contributed by atoms with Crippen molar-refractivity contribution in [3.8, 4) is 0 Å². The van der Waals surface area contributed by atoms with Crippen molar-refractivity contribution in [3.63, 3.8) is 0 Å². The molecule has 0 bridgehead atoms. The fourth-order valence-corrected chi connectivity index (χ4v) is 4.64. The highest BCUT2D eigenvalue weighted by atomic mass is 35.5. The quantitative estimate of drug-likeness (QED) is 0.728. The van der Waals surface area contributed by atoms with Crippen LogP contribution in [0.5, 0.6) is 0 Å². The monoisotopic (exact) mass is 349 g/mol. The van der Waals surface area contributed by atoms with Gasteiger partial charge in [-0.3, -0.25) is 9.59 Å². The predicted octanol–water partition coefficient (Wildman–Crippen LogP) is -0.779. The largest absolute Gasteiger partial charge is 1.00 e. The van der Waals surface area contributed by atoms with E-state index in [9.17, 15) is 9.59 Å². The number of hydrogen-bond acceptors (Lipinski definition) is 2. The van der Waals surface area contributed by atoms with E-state index < -0.39 is 5.92 Å². The van der Waals surface area contributed by atoms with Gasteiger partial charge in [-0.05, 0) is 62.6 Å². The molecule has 1 heterocycles. The van der Waals surface area contributed by atoms with Crippen LogP contribution in [-0.2, 0) is 9.59 Å². The predicted molar refractivity (Wildman–Crippen MR) is 90.5 cm³/mol. The molecular weight excluding hydrogens is 322 g/mol. The average Bonchev–Trinajstić information content (AvgIpc) is 2.75. The molecule has 1 saturated carbocycles. The molecule has 3 rings (SSSR count). The zero-order valence-corrected chi connectivity index (χ0v) is 15.7. The number of halogens is 1. The summed E-state index contributed by atoms with van der Waals surface area (Å²) in [4.78, 5) is 25.6. The molecule has 4 heteroatoms. The molecule has 1 aromatic rings. The molecule has 0 radical (unpaired) electrons. The fraction of sp³-hybridized carbons (Fsp3) is 0.600. The minimum absolute atomic E-state index is 0. The summed E-state index contributed by atoms with van der Waals surface area (Å²) in [6.07, 6.45) is 3.74. The Bertz CT molecular complexity index is 612. The van der Waals surface area contributed by atoms with Crippen LogP contribution in [0, 0.1) is 32.6 Å². The smallest absolute Gasteiger partial charge is 0.151 e. The molecule has 0 aromatic heterocycles. The molecule has 2 N–H and O–H groups in total. The van der Waals surface area contributed by atoms with E-state index in [-0.39, 0.29) is 29.9 Å². The van der Waals surface area contributed by atoms with Gasteiger partial charge in [-0.15, -0.1) is 0 Å². The molecule has 24 heavy (non-hydrogen) atoms. The zero-order chi connectivity index (χ0) is 16.6. The standard InChI is InChI=1S/C20H27NO2.ClH/c1-12-8-13(2)18(14(3)9-12)19-17(22)11-16(20(19)23)10-15-4-6-21-7-5-15;/h8-9,15-16,19,21H,4-7,10-11H2,1-3H3;1H. The minimum atomic E-state index is -0.504.